The first-order valence-corrected chi connectivity index (χ1v) is 8.80. The fourth-order valence-electron chi connectivity index (χ4n) is 2.60. The molecule has 8 heteroatoms. The Bertz CT molecular complexity index is 1020. The largest absolute Gasteiger partial charge is 0.355 e. The van der Waals surface area contributed by atoms with Crippen molar-refractivity contribution in [3.63, 3.8) is 0 Å². The van der Waals surface area contributed by atoms with Gasteiger partial charge in [0.15, 0.2) is 5.11 Å². The number of hydrogen-bond donors (Lipinski definition) is 3. The molecule has 0 bridgehead atoms. The number of aromatic nitrogens is 2. The van der Waals surface area contributed by atoms with Crippen molar-refractivity contribution in [1.82, 2.24) is 25.9 Å². The van der Waals surface area contributed by atoms with Crippen LogP contribution in [0.3, 0.4) is 0 Å². The summed E-state index contributed by atoms with van der Waals surface area (Å²) >= 11 is 5.18. The van der Waals surface area contributed by atoms with E-state index in [4.69, 9.17) is 12.2 Å². The molecular formula is C19H19N5O2S. The molecule has 0 aliphatic heterocycles. The first-order valence-electron chi connectivity index (χ1n) is 8.40. The summed E-state index contributed by atoms with van der Waals surface area (Å²) in [7, 11) is 0. The van der Waals surface area contributed by atoms with Gasteiger partial charge in [0.25, 0.3) is 11.5 Å². The van der Waals surface area contributed by atoms with Gasteiger partial charge in [-0.3, -0.25) is 20.4 Å². The topological polar surface area (TPSA) is 88.0 Å². The summed E-state index contributed by atoms with van der Waals surface area (Å²) in [5, 5.41) is 8.63. The molecule has 3 aromatic rings. The van der Waals surface area contributed by atoms with E-state index in [0.29, 0.717) is 5.39 Å². The van der Waals surface area contributed by atoms with Gasteiger partial charge in [0.1, 0.15) is 6.54 Å². The van der Waals surface area contributed by atoms with Crippen molar-refractivity contribution in [1.29, 1.82) is 0 Å². The lowest BCUT2D eigenvalue weighted by atomic mass is 10.1. The van der Waals surface area contributed by atoms with Crippen LogP contribution in [-0.4, -0.2) is 20.8 Å². The van der Waals surface area contributed by atoms with E-state index in [0.717, 1.165) is 15.6 Å². The van der Waals surface area contributed by atoms with Crippen molar-refractivity contribution in [2.45, 2.75) is 19.5 Å². The molecule has 3 N–H and O–H groups in total. The molecule has 1 aromatic heterocycles. The van der Waals surface area contributed by atoms with Crippen molar-refractivity contribution in [2.24, 2.45) is 0 Å². The average molecular weight is 381 g/mol. The minimum absolute atomic E-state index is 0.0205. The third kappa shape index (κ3) is 4.68. The third-order valence-corrected chi connectivity index (χ3v) is 4.24. The van der Waals surface area contributed by atoms with E-state index in [9.17, 15) is 9.59 Å². The number of nitrogens with one attached hydrogen (secondary N) is 3. The fourth-order valence-corrected chi connectivity index (χ4v) is 2.83. The van der Waals surface area contributed by atoms with Crippen LogP contribution in [0.25, 0.3) is 10.8 Å². The van der Waals surface area contributed by atoms with E-state index < -0.39 is 5.91 Å². The van der Waals surface area contributed by atoms with E-state index in [1.54, 1.807) is 24.4 Å². The first-order chi connectivity index (χ1) is 13.0. The second kappa shape index (κ2) is 8.41. The maximum Gasteiger partial charge on any atom is 0.275 e. The number of hydrazine groups is 1. The number of carbonyl (C=O) groups excluding carboxylic acids is 1. The molecule has 1 heterocycles. The van der Waals surface area contributed by atoms with Gasteiger partial charge >= 0.3 is 0 Å². The number of hydrogen-bond acceptors (Lipinski definition) is 4. The van der Waals surface area contributed by atoms with Crippen LogP contribution in [0, 0.1) is 0 Å². The maximum absolute atomic E-state index is 12.4. The van der Waals surface area contributed by atoms with Crippen LogP contribution in [0.2, 0.25) is 0 Å². The highest BCUT2D eigenvalue weighted by Crippen LogP contribution is 2.10. The van der Waals surface area contributed by atoms with Gasteiger partial charge in [-0.25, -0.2) is 4.68 Å². The van der Waals surface area contributed by atoms with Crippen molar-refractivity contribution < 1.29 is 4.79 Å². The predicted octanol–water partition coefficient (Wildman–Crippen LogP) is 1.65. The molecule has 1 amide bonds. The number of nitrogens with zero attached hydrogens (tertiary/aromatic N) is 2. The zero-order chi connectivity index (χ0) is 19.2. The quantitative estimate of drug-likeness (QED) is 0.471. The van der Waals surface area contributed by atoms with Crippen LogP contribution >= 0.6 is 12.2 Å². The Kier molecular flexibility index (Phi) is 5.77. The van der Waals surface area contributed by atoms with Crippen LogP contribution in [0.4, 0.5) is 0 Å². The zero-order valence-corrected chi connectivity index (χ0v) is 15.5. The molecule has 0 aliphatic carbocycles. The summed E-state index contributed by atoms with van der Waals surface area (Å²) < 4.78 is 1.11. The molecule has 0 fully saturated rings. The number of thiocarbonyl (C=S) groups is 1. The minimum atomic E-state index is -0.434. The lowest BCUT2D eigenvalue weighted by Crippen LogP contribution is -2.48. The summed E-state index contributed by atoms with van der Waals surface area (Å²) in [6, 6.07) is 16.9. The molecule has 0 unspecified atom stereocenters. The van der Waals surface area contributed by atoms with Gasteiger partial charge in [0, 0.05) is 5.39 Å². The van der Waals surface area contributed by atoms with Gasteiger partial charge < -0.3 is 5.32 Å². The number of fused-ring (bicyclic) bond motifs is 1. The summed E-state index contributed by atoms with van der Waals surface area (Å²) in [6.07, 6.45) is 1.56. The van der Waals surface area contributed by atoms with E-state index in [1.807, 2.05) is 43.3 Å². The molecule has 3 rings (SSSR count). The Balaban J connectivity index is 1.55. The Morgan fingerprint density at radius 3 is 2.59 bits per heavy atom. The summed E-state index contributed by atoms with van der Waals surface area (Å²) in [5.74, 6) is -0.434. The van der Waals surface area contributed by atoms with Crippen LogP contribution in [0.1, 0.15) is 18.5 Å². The van der Waals surface area contributed by atoms with Crippen LogP contribution in [0.15, 0.2) is 65.6 Å². The molecule has 0 aliphatic rings. The fraction of sp³-hybridized carbons (Fsp3) is 0.158. The highest BCUT2D eigenvalue weighted by atomic mass is 32.1. The van der Waals surface area contributed by atoms with Crippen molar-refractivity contribution >= 4 is 34.0 Å². The second-order valence-corrected chi connectivity index (χ2v) is 6.38. The van der Waals surface area contributed by atoms with Crippen molar-refractivity contribution in [3.8, 4) is 0 Å². The number of carbonyl (C=O) groups is 1. The maximum atomic E-state index is 12.4. The minimum Gasteiger partial charge on any atom is -0.355 e. The standard InChI is InChI=1S/C19H19N5O2S/c1-13(14-7-3-2-4-8-14)21-19(27)23-22-17(25)12-24-18(26)16-10-6-5-9-15(16)11-20-24/h2-11,13H,12H2,1H3,(H,22,25)(H2,21,23,27)/t13-/m0/s1. The Morgan fingerprint density at radius 2 is 1.81 bits per heavy atom. The lowest BCUT2D eigenvalue weighted by molar-refractivity contribution is -0.122. The SMILES string of the molecule is C[C@H](NC(=S)NNC(=O)Cn1ncc2ccccc2c1=O)c1ccccc1. The third-order valence-electron chi connectivity index (χ3n) is 4.02. The van der Waals surface area contributed by atoms with E-state index in [-0.39, 0.29) is 23.3 Å². The number of benzene rings is 2. The average Bonchev–Trinajstić information content (AvgIpc) is 2.69. The second-order valence-electron chi connectivity index (χ2n) is 5.97. The van der Waals surface area contributed by atoms with Crippen molar-refractivity contribution in [2.75, 3.05) is 0 Å². The normalized spacial score (nSPS) is 11.6. The Morgan fingerprint density at radius 1 is 1.11 bits per heavy atom. The van der Waals surface area contributed by atoms with Gasteiger partial charge in [-0.2, -0.15) is 5.10 Å². The molecule has 138 valence electrons. The first kappa shape index (κ1) is 18.5. The highest BCUT2D eigenvalue weighted by Gasteiger charge is 2.10. The van der Waals surface area contributed by atoms with Gasteiger partial charge in [-0.15, -0.1) is 0 Å². The van der Waals surface area contributed by atoms with E-state index in [2.05, 4.69) is 21.3 Å². The molecule has 1 atom stereocenters. The van der Waals surface area contributed by atoms with Crippen LogP contribution in [-0.2, 0) is 11.3 Å². The molecule has 27 heavy (non-hydrogen) atoms. The lowest BCUT2D eigenvalue weighted by Gasteiger charge is -2.17. The molecule has 2 aromatic carbocycles. The highest BCUT2D eigenvalue weighted by molar-refractivity contribution is 7.80. The van der Waals surface area contributed by atoms with Gasteiger partial charge in [0.05, 0.1) is 17.6 Å². The molecular weight excluding hydrogens is 362 g/mol. The molecule has 0 radical (unpaired) electrons. The Labute approximate surface area is 161 Å². The molecule has 0 spiro atoms. The summed E-state index contributed by atoms with van der Waals surface area (Å²) in [5.41, 5.74) is 5.86. The van der Waals surface area contributed by atoms with E-state index in [1.165, 1.54) is 0 Å². The Hall–Kier alpha value is -3.26. The smallest absolute Gasteiger partial charge is 0.275 e. The van der Waals surface area contributed by atoms with Crippen molar-refractivity contribution in [3.05, 3.63) is 76.7 Å². The van der Waals surface area contributed by atoms with Crippen LogP contribution < -0.4 is 21.7 Å². The van der Waals surface area contributed by atoms with Crippen LogP contribution in [0.5, 0.6) is 0 Å². The zero-order valence-electron chi connectivity index (χ0n) is 14.7. The van der Waals surface area contributed by atoms with Gasteiger partial charge in [0.2, 0.25) is 0 Å². The monoisotopic (exact) mass is 381 g/mol. The molecule has 7 nitrogen and oxygen atoms in total. The molecule has 0 saturated carbocycles. The number of amides is 1. The van der Waals surface area contributed by atoms with E-state index >= 15 is 0 Å². The van der Waals surface area contributed by atoms with Gasteiger partial charge in [-0.05, 0) is 30.8 Å². The summed E-state index contributed by atoms with van der Waals surface area (Å²) in [4.78, 5) is 24.5. The summed E-state index contributed by atoms with van der Waals surface area (Å²) in [6.45, 7) is 1.75. The van der Waals surface area contributed by atoms with Gasteiger partial charge in [-0.1, -0.05) is 48.5 Å². The number of rotatable bonds is 4. The predicted molar refractivity (Wildman–Crippen MR) is 108 cm³/mol. The molecule has 0 saturated heterocycles.